The predicted octanol–water partition coefficient (Wildman–Crippen LogP) is 2.93. The van der Waals surface area contributed by atoms with Crippen molar-refractivity contribution >= 4 is 11.6 Å². The molecule has 0 atom stereocenters. The molecule has 0 saturated heterocycles. The van der Waals surface area contributed by atoms with Crippen LogP contribution >= 0.6 is 11.6 Å². The summed E-state index contributed by atoms with van der Waals surface area (Å²) in [6.07, 6.45) is 1.88. The molecule has 0 N–H and O–H groups in total. The Hall–Kier alpha value is -1.48. The van der Waals surface area contributed by atoms with Crippen molar-refractivity contribution in [3.63, 3.8) is 0 Å². The van der Waals surface area contributed by atoms with Crippen LogP contribution in [0.25, 0.3) is 5.69 Å². The number of hydrogen-bond acceptors (Lipinski definition) is 2. The smallest absolute Gasteiger partial charge is 0.144 e. The van der Waals surface area contributed by atoms with Gasteiger partial charge in [-0.15, -0.1) is 11.6 Å². The number of aryl methyl sites for hydroxylation is 1. The van der Waals surface area contributed by atoms with Crippen molar-refractivity contribution in [2.45, 2.75) is 12.8 Å². The first-order valence-corrected chi connectivity index (χ1v) is 5.53. The Balaban J connectivity index is 2.49. The van der Waals surface area contributed by atoms with Gasteiger partial charge in [-0.1, -0.05) is 6.07 Å². The summed E-state index contributed by atoms with van der Waals surface area (Å²) >= 11 is 5.73. The van der Waals surface area contributed by atoms with Crippen LogP contribution in [0.2, 0.25) is 0 Å². The molecule has 0 aliphatic carbocycles. The molecule has 1 aromatic heterocycles. The Bertz CT molecular complexity index is 494. The molecule has 0 radical (unpaired) electrons. The van der Waals surface area contributed by atoms with E-state index >= 15 is 0 Å². The van der Waals surface area contributed by atoms with Crippen molar-refractivity contribution in [2.75, 3.05) is 7.11 Å². The van der Waals surface area contributed by atoms with E-state index in [9.17, 15) is 0 Å². The Morgan fingerprint density at radius 3 is 2.81 bits per heavy atom. The number of halogens is 1. The first-order chi connectivity index (χ1) is 7.74. The second kappa shape index (κ2) is 4.58. The van der Waals surface area contributed by atoms with Gasteiger partial charge in [0.2, 0.25) is 0 Å². The van der Waals surface area contributed by atoms with Crippen LogP contribution in [0.4, 0.5) is 0 Å². The molecule has 0 amide bonds. The summed E-state index contributed by atoms with van der Waals surface area (Å²) in [5, 5.41) is 4.35. The Kier molecular flexibility index (Phi) is 3.15. The van der Waals surface area contributed by atoms with E-state index in [1.807, 2.05) is 37.4 Å². The van der Waals surface area contributed by atoms with Gasteiger partial charge in [0.1, 0.15) is 11.4 Å². The van der Waals surface area contributed by atoms with E-state index in [0.717, 1.165) is 17.1 Å². The lowest BCUT2D eigenvalue weighted by atomic mass is 10.2. The van der Waals surface area contributed by atoms with Crippen molar-refractivity contribution in [3.05, 3.63) is 41.7 Å². The number of aromatic nitrogens is 2. The summed E-state index contributed by atoms with van der Waals surface area (Å²) in [5.74, 6) is 1.22. The van der Waals surface area contributed by atoms with E-state index in [1.54, 1.807) is 11.8 Å². The number of methoxy groups -OCH3 is 1. The molecule has 0 bridgehead atoms. The maximum atomic E-state index is 5.73. The van der Waals surface area contributed by atoms with E-state index in [4.69, 9.17) is 16.3 Å². The van der Waals surface area contributed by atoms with Gasteiger partial charge in [-0.05, 0) is 30.7 Å². The predicted molar refractivity (Wildman–Crippen MR) is 64.4 cm³/mol. The molecule has 16 heavy (non-hydrogen) atoms. The zero-order valence-electron chi connectivity index (χ0n) is 9.27. The Morgan fingerprint density at radius 1 is 1.38 bits per heavy atom. The van der Waals surface area contributed by atoms with Gasteiger partial charge < -0.3 is 4.74 Å². The van der Waals surface area contributed by atoms with Gasteiger partial charge >= 0.3 is 0 Å². The second-order valence-corrected chi connectivity index (χ2v) is 3.83. The number of benzene rings is 1. The van der Waals surface area contributed by atoms with Crippen LogP contribution in [0.15, 0.2) is 30.5 Å². The number of alkyl halides is 1. The summed E-state index contributed by atoms with van der Waals surface area (Å²) < 4.78 is 7.09. The van der Waals surface area contributed by atoms with Crippen LogP contribution in [0, 0.1) is 6.92 Å². The molecule has 0 aliphatic heterocycles. The van der Waals surface area contributed by atoms with Gasteiger partial charge in [0.15, 0.2) is 0 Å². The first-order valence-electron chi connectivity index (χ1n) is 5.00. The van der Waals surface area contributed by atoms with Gasteiger partial charge in [0, 0.05) is 6.20 Å². The van der Waals surface area contributed by atoms with Crippen molar-refractivity contribution in [1.82, 2.24) is 9.78 Å². The molecule has 1 heterocycles. The zero-order chi connectivity index (χ0) is 11.5. The largest absolute Gasteiger partial charge is 0.494 e. The summed E-state index contributed by atoms with van der Waals surface area (Å²) in [6.45, 7) is 2.04. The second-order valence-electron chi connectivity index (χ2n) is 3.56. The molecule has 2 aromatic rings. The van der Waals surface area contributed by atoms with Crippen molar-refractivity contribution in [1.29, 1.82) is 0 Å². The van der Waals surface area contributed by atoms with Crippen LogP contribution < -0.4 is 4.74 Å². The minimum atomic E-state index is 0.418. The fourth-order valence-electron chi connectivity index (χ4n) is 1.55. The minimum absolute atomic E-state index is 0.418. The van der Waals surface area contributed by atoms with Crippen LogP contribution in [-0.2, 0) is 5.88 Å². The molecule has 1 aromatic carbocycles. The molecule has 2 rings (SSSR count). The highest BCUT2D eigenvalue weighted by Gasteiger charge is 2.06. The maximum Gasteiger partial charge on any atom is 0.144 e. The van der Waals surface area contributed by atoms with Gasteiger partial charge in [-0.2, -0.15) is 5.10 Å². The number of hydrogen-bond donors (Lipinski definition) is 0. The van der Waals surface area contributed by atoms with Crippen molar-refractivity contribution in [3.8, 4) is 11.4 Å². The average Bonchev–Trinajstić information content (AvgIpc) is 2.77. The maximum absolute atomic E-state index is 5.73. The lowest BCUT2D eigenvalue weighted by molar-refractivity contribution is 0.411. The Morgan fingerprint density at radius 2 is 2.19 bits per heavy atom. The van der Waals surface area contributed by atoms with Crippen LogP contribution in [0.3, 0.4) is 0 Å². The fraction of sp³-hybridized carbons (Fsp3) is 0.250. The third kappa shape index (κ3) is 2.04. The third-order valence-electron chi connectivity index (χ3n) is 2.36. The minimum Gasteiger partial charge on any atom is -0.494 e. The number of rotatable bonds is 3. The number of nitrogens with zero attached hydrogens (tertiary/aromatic N) is 2. The summed E-state index contributed by atoms with van der Waals surface area (Å²) in [7, 11) is 1.65. The molecule has 4 heteroatoms. The summed E-state index contributed by atoms with van der Waals surface area (Å²) in [6, 6.07) is 7.87. The first kappa shape index (κ1) is 11.0. The lowest BCUT2D eigenvalue weighted by Gasteiger charge is -2.09. The third-order valence-corrected chi connectivity index (χ3v) is 2.64. The molecular formula is C12H13ClN2O. The Labute approximate surface area is 99.6 Å². The van der Waals surface area contributed by atoms with Crippen LogP contribution in [-0.4, -0.2) is 16.9 Å². The highest BCUT2D eigenvalue weighted by molar-refractivity contribution is 6.16. The summed E-state index contributed by atoms with van der Waals surface area (Å²) in [4.78, 5) is 0. The van der Waals surface area contributed by atoms with Gasteiger partial charge in [0.25, 0.3) is 0 Å². The highest BCUT2D eigenvalue weighted by atomic mass is 35.5. The molecule has 3 nitrogen and oxygen atoms in total. The quantitative estimate of drug-likeness (QED) is 0.767. The monoisotopic (exact) mass is 236 g/mol. The van der Waals surface area contributed by atoms with Crippen LogP contribution in [0.5, 0.6) is 5.75 Å². The van der Waals surface area contributed by atoms with Crippen molar-refractivity contribution < 1.29 is 4.74 Å². The van der Waals surface area contributed by atoms with Gasteiger partial charge in [0.05, 0.1) is 18.7 Å². The fourth-order valence-corrected chi connectivity index (χ4v) is 1.69. The summed E-state index contributed by atoms with van der Waals surface area (Å²) in [5.41, 5.74) is 2.95. The zero-order valence-corrected chi connectivity index (χ0v) is 10.0. The van der Waals surface area contributed by atoms with Crippen LogP contribution in [0.1, 0.15) is 11.3 Å². The SMILES string of the molecule is COc1ccc(C)cc1-n1ccc(CCl)n1. The lowest BCUT2D eigenvalue weighted by Crippen LogP contribution is -1.99. The van der Waals surface area contributed by atoms with Gasteiger partial charge in [-0.25, -0.2) is 4.68 Å². The molecule has 0 aliphatic rings. The molecule has 0 saturated carbocycles. The molecule has 0 spiro atoms. The van der Waals surface area contributed by atoms with E-state index < -0.39 is 0 Å². The van der Waals surface area contributed by atoms with Crippen molar-refractivity contribution in [2.24, 2.45) is 0 Å². The molecule has 0 unspecified atom stereocenters. The van der Waals surface area contributed by atoms with E-state index in [1.165, 1.54) is 5.56 Å². The average molecular weight is 237 g/mol. The topological polar surface area (TPSA) is 27.1 Å². The number of ether oxygens (including phenoxy) is 1. The van der Waals surface area contributed by atoms with E-state index in [-0.39, 0.29) is 0 Å². The molecule has 0 fully saturated rings. The molecule has 84 valence electrons. The highest BCUT2D eigenvalue weighted by Crippen LogP contribution is 2.23. The standard InChI is InChI=1S/C12H13ClN2O/c1-9-3-4-12(16-2)11(7-9)15-6-5-10(8-13)14-15/h3-7H,8H2,1-2H3. The van der Waals surface area contributed by atoms with E-state index in [0.29, 0.717) is 5.88 Å². The van der Waals surface area contributed by atoms with Gasteiger partial charge in [-0.3, -0.25) is 0 Å². The van der Waals surface area contributed by atoms with E-state index in [2.05, 4.69) is 5.10 Å². The molecular weight excluding hydrogens is 224 g/mol. The normalized spacial score (nSPS) is 10.4.